The van der Waals surface area contributed by atoms with Crippen LogP contribution in [0.25, 0.3) is 0 Å². The van der Waals surface area contributed by atoms with Crippen molar-refractivity contribution in [3.63, 3.8) is 0 Å². The van der Waals surface area contributed by atoms with Crippen LogP contribution < -0.4 is 14.9 Å². The van der Waals surface area contributed by atoms with Crippen LogP contribution in [0.2, 0.25) is 0 Å². The van der Waals surface area contributed by atoms with Gasteiger partial charge in [-0.15, -0.1) is 0 Å². The molecular weight excluding hydrogens is 487 g/mol. The first-order valence-corrected chi connectivity index (χ1v) is 13.3. The minimum Gasteiger partial charge on any atom is -0.444 e. The largest absolute Gasteiger partial charge is 0.444 e. The second kappa shape index (κ2) is 12.3. The number of fused-ring (bicyclic) bond motifs is 1. The Labute approximate surface area is 217 Å². The van der Waals surface area contributed by atoms with Gasteiger partial charge in [0.05, 0.1) is 6.54 Å². The van der Waals surface area contributed by atoms with Crippen LogP contribution >= 0.6 is 0 Å². The van der Waals surface area contributed by atoms with E-state index < -0.39 is 23.4 Å². The number of carbonyl (C=O) groups is 2. The number of amides is 2. The van der Waals surface area contributed by atoms with Gasteiger partial charge in [0.1, 0.15) is 18.3 Å². The van der Waals surface area contributed by atoms with E-state index in [1.165, 1.54) is 39.2 Å². The van der Waals surface area contributed by atoms with Gasteiger partial charge in [0, 0.05) is 35.2 Å². The average Bonchev–Trinajstić information content (AvgIpc) is 3.48. The number of ether oxygens (including phenoxy) is 1. The molecule has 0 spiro atoms. The first-order valence-electron chi connectivity index (χ1n) is 13.3. The fraction of sp³-hybridized carbons (Fsp3) is 0.741. The maximum absolute atomic E-state index is 13.3. The number of alkyl halides is 3. The maximum Gasteiger partial charge on any atom is 0.422 e. The molecule has 2 aliphatic carbocycles. The molecule has 7 nitrogen and oxygen atoms in total. The summed E-state index contributed by atoms with van der Waals surface area (Å²) in [5.74, 6) is -0.371. The monoisotopic (exact) mass is 528 g/mol. The van der Waals surface area contributed by atoms with Crippen molar-refractivity contribution in [2.24, 2.45) is 5.92 Å². The first-order chi connectivity index (χ1) is 17.4. The zero-order chi connectivity index (χ0) is 27.2. The zero-order valence-electron chi connectivity index (χ0n) is 22.5. The van der Waals surface area contributed by atoms with E-state index in [0.29, 0.717) is 49.9 Å². The van der Waals surface area contributed by atoms with Gasteiger partial charge >= 0.3 is 12.3 Å². The van der Waals surface area contributed by atoms with Crippen molar-refractivity contribution in [2.45, 2.75) is 109 Å². The molecule has 1 aromatic rings. The molecule has 2 saturated carbocycles. The number of nitrogens with one attached hydrogen (secondary N) is 1. The summed E-state index contributed by atoms with van der Waals surface area (Å²) in [4.78, 5) is 32.0. The van der Waals surface area contributed by atoms with Crippen molar-refractivity contribution in [3.8, 4) is 0 Å². The minimum atomic E-state index is -4.51. The van der Waals surface area contributed by atoms with Crippen LogP contribution in [0.4, 0.5) is 18.0 Å². The summed E-state index contributed by atoms with van der Waals surface area (Å²) in [6.45, 7) is 5.90. The molecule has 2 heterocycles. The third-order valence-corrected chi connectivity index (χ3v) is 7.01. The van der Waals surface area contributed by atoms with E-state index in [9.17, 15) is 22.8 Å². The third kappa shape index (κ3) is 8.50. The lowest BCUT2D eigenvalue weighted by molar-refractivity contribution is -0.891. The van der Waals surface area contributed by atoms with Crippen molar-refractivity contribution >= 4 is 12.0 Å². The molecule has 2 fully saturated rings. The Balaban J connectivity index is 0.000000678. The van der Waals surface area contributed by atoms with E-state index >= 15 is 0 Å². The standard InChI is InChI=1S/C22H30F3N3O4.C5H10/c1-21(2,3)32-20(30)26-17-8-7-14(11-17)19(29)27-9-5-6-18-15(12-27)10-16(22(23,24)25)13-28(18)31-4;1-2-4-5-3-1/h10,13-14,17H,5-9,11-12H2,1-4H3;1-5H2/p+1/t14-,17?;/m0./s1. The van der Waals surface area contributed by atoms with Gasteiger partial charge in [-0.05, 0) is 52.5 Å². The van der Waals surface area contributed by atoms with E-state index in [1.54, 1.807) is 25.7 Å². The lowest BCUT2D eigenvalue weighted by Gasteiger charge is -2.24. The first kappa shape index (κ1) is 29.0. The molecule has 1 unspecified atom stereocenters. The summed E-state index contributed by atoms with van der Waals surface area (Å²) in [5, 5.41) is 2.81. The van der Waals surface area contributed by atoms with Gasteiger partial charge in [-0.2, -0.15) is 13.2 Å². The molecule has 1 N–H and O–H groups in total. The van der Waals surface area contributed by atoms with Crippen molar-refractivity contribution < 1.29 is 37.1 Å². The Morgan fingerprint density at radius 1 is 1.05 bits per heavy atom. The second-order valence-corrected chi connectivity index (χ2v) is 11.2. The number of hydrogen-bond donors (Lipinski definition) is 1. The predicted octanol–water partition coefficient (Wildman–Crippen LogP) is 4.97. The van der Waals surface area contributed by atoms with E-state index in [0.717, 1.165) is 17.0 Å². The molecule has 2 amide bonds. The molecule has 208 valence electrons. The van der Waals surface area contributed by atoms with Gasteiger partial charge in [-0.1, -0.05) is 32.1 Å². The number of halogens is 3. The number of hydrogen-bond acceptors (Lipinski definition) is 4. The SMILES string of the molecule is C1CCCC1.CO[n+]1cc(C(F)(F)F)cc2c1CCCN(C(=O)[C@H]1CCC(NC(=O)OC(C)(C)C)C1)C2. The molecule has 37 heavy (non-hydrogen) atoms. The van der Waals surface area contributed by atoms with Crippen LogP contribution in [0.5, 0.6) is 0 Å². The Morgan fingerprint density at radius 2 is 1.70 bits per heavy atom. The number of rotatable bonds is 3. The van der Waals surface area contributed by atoms with Gasteiger partial charge in [0.25, 0.3) is 0 Å². The molecule has 10 heteroatoms. The van der Waals surface area contributed by atoms with E-state index in [1.807, 2.05) is 0 Å². The van der Waals surface area contributed by atoms with E-state index in [-0.39, 0.29) is 24.4 Å². The zero-order valence-corrected chi connectivity index (χ0v) is 22.5. The molecule has 1 aliphatic heterocycles. The number of pyridine rings is 1. The highest BCUT2D eigenvalue weighted by Gasteiger charge is 2.39. The fourth-order valence-electron chi connectivity index (χ4n) is 5.24. The summed E-state index contributed by atoms with van der Waals surface area (Å²) in [6, 6.07) is 0.948. The summed E-state index contributed by atoms with van der Waals surface area (Å²) in [5.41, 5.74) is -0.332. The fourth-order valence-corrected chi connectivity index (χ4v) is 5.24. The van der Waals surface area contributed by atoms with Crippen LogP contribution in [0.1, 0.15) is 95.4 Å². The number of alkyl carbamates (subject to hydrolysis) is 1. The summed E-state index contributed by atoms with van der Waals surface area (Å²) in [7, 11) is 1.32. The summed E-state index contributed by atoms with van der Waals surface area (Å²) < 4.78 is 46.4. The van der Waals surface area contributed by atoms with Crippen LogP contribution in [0.3, 0.4) is 0 Å². The Hall–Kier alpha value is -2.52. The topological polar surface area (TPSA) is 71.8 Å². The van der Waals surface area contributed by atoms with Gasteiger partial charge in [0.2, 0.25) is 17.8 Å². The Morgan fingerprint density at radius 3 is 2.27 bits per heavy atom. The summed E-state index contributed by atoms with van der Waals surface area (Å²) in [6.07, 6.45) is 6.32. The predicted molar refractivity (Wildman–Crippen MR) is 131 cm³/mol. The number of aromatic nitrogens is 1. The molecular formula is C27H41F3N3O4+. The normalized spacial score (nSPS) is 21.9. The van der Waals surface area contributed by atoms with Crippen molar-refractivity contribution in [2.75, 3.05) is 13.7 Å². The quantitative estimate of drug-likeness (QED) is 0.563. The van der Waals surface area contributed by atoms with Crippen LogP contribution in [0, 0.1) is 5.92 Å². The molecule has 0 aromatic carbocycles. The second-order valence-electron chi connectivity index (χ2n) is 11.2. The number of nitrogens with zero attached hydrogens (tertiary/aromatic N) is 2. The Kier molecular flexibility index (Phi) is 9.69. The van der Waals surface area contributed by atoms with Crippen molar-refractivity contribution in [1.82, 2.24) is 10.2 Å². The van der Waals surface area contributed by atoms with Crippen LogP contribution in [0.15, 0.2) is 12.3 Å². The highest BCUT2D eigenvalue weighted by molar-refractivity contribution is 5.79. The minimum absolute atomic E-state index is 0.0901. The highest BCUT2D eigenvalue weighted by atomic mass is 19.4. The van der Waals surface area contributed by atoms with Gasteiger partial charge < -0.3 is 15.0 Å². The molecule has 4 rings (SSSR count). The van der Waals surface area contributed by atoms with E-state index in [4.69, 9.17) is 9.57 Å². The third-order valence-electron chi connectivity index (χ3n) is 7.01. The molecule has 0 saturated heterocycles. The smallest absolute Gasteiger partial charge is 0.422 e. The van der Waals surface area contributed by atoms with Gasteiger partial charge in [-0.3, -0.25) is 9.63 Å². The number of carbonyl (C=O) groups excluding carboxylic acids is 2. The van der Waals surface area contributed by atoms with Crippen LogP contribution in [-0.2, 0) is 28.7 Å². The Bertz CT molecular complexity index is 934. The lowest BCUT2D eigenvalue weighted by atomic mass is 10.1. The molecule has 3 aliphatic rings. The molecule has 0 bridgehead atoms. The van der Waals surface area contributed by atoms with Gasteiger partial charge in [-0.25, -0.2) is 4.79 Å². The average molecular weight is 529 g/mol. The van der Waals surface area contributed by atoms with E-state index in [2.05, 4.69) is 5.32 Å². The van der Waals surface area contributed by atoms with Crippen LogP contribution in [-0.4, -0.2) is 42.2 Å². The van der Waals surface area contributed by atoms with Crippen molar-refractivity contribution in [1.29, 1.82) is 0 Å². The van der Waals surface area contributed by atoms with Gasteiger partial charge in [0.15, 0.2) is 0 Å². The highest BCUT2D eigenvalue weighted by Crippen LogP contribution is 2.32. The lowest BCUT2D eigenvalue weighted by Crippen LogP contribution is -2.46. The molecule has 2 atom stereocenters. The van der Waals surface area contributed by atoms with Crippen molar-refractivity contribution in [3.05, 3.63) is 29.1 Å². The summed E-state index contributed by atoms with van der Waals surface area (Å²) >= 11 is 0. The molecule has 1 aromatic heterocycles. The molecule has 0 radical (unpaired) electrons. The maximum atomic E-state index is 13.3.